The SMILES string of the molecule is Cc1nc(C(C)NC(=O)CCCn2nnnc2CN2CCC(C)CC2)c(C)s1. The summed E-state index contributed by atoms with van der Waals surface area (Å²) in [6.45, 7) is 12.0. The molecule has 1 N–H and O–H groups in total. The molecule has 0 aliphatic carbocycles. The number of aromatic nitrogens is 5. The van der Waals surface area contributed by atoms with Gasteiger partial charge in [-0.15, -0.1) is 16.4 Å². The van der Waals surface area contributed by atoms with Gasteiger partial charge in [-0.1, -0.05) is 6.92 Å². The average Bonchev–Trinajstić information content (AvgIpc) is 3.22. The summed E-state index contributed by atoms with van der Waals surface area (Å²) in [7, 11) is 0. The molecule has 2 aromatic heterocycles. The van der Waals surface area contributed by atoms with E-state index in [1.807, 2.05) is 25.5 Å². The van der Waals surface area contributed by atoms with Crippen LogP contribution >= 0.6 is 11.3 Å². The zero-order valence-corrected chi connectivity index (χ0v) is 18.1. The highest BCUT2D eigenvalue weighted by molar-refractivity contribution is 7.11. The zero-order valence-electron chi connectivity index (χ0n) is 17.3. The van der Waals surface area contributed by atoms with Crippen LogP contribution in [0, 0.1) is 19.8 Å². The molecule has 9 heteroatoms. The molecule has 1 unspecified atom stereocenters. The lowest BCUT2D eigenvalue weighted by atomic mass is 9.99. The summed E-state index contributed by atoms with van der Waals surface area (Å²) in [5.74, 6) is 1.74. The van der Waals surface area contributed by atoms with Gasteiger partial charge in [0.05, 0.1) is 23.3 Å². The number of nitrogens with one attached hydrogen (secondary N) is 1. The second kappa shape index (κ2) is 9.56. The van der Waals surface area contributed by atoms with Crippen molar-refractivity contribution < 1.29 is 4.79 Å². The number of piperidine rings is 1. The lowest BCUT2D eigenvalue weighted by Gasteiger charge is -2.29. The first-order valence-electron chi connectivity index (χ1n) is 10.1. The number of rotatable bonds is 8. The number of carbonyl (C=O) groups is 1. The van der Waals surface area contributed by atoms with E-state index in [-0.39, 0.29) is 11.9 Å². The molecule has 2 aromatic rings. The van der Waals surface area contributed by atoms with Gasteiger partial charge in [-0.2, -0.15) is 0 Å². The third kappa shape index (κ3) is 5.57. The number of hydrogen-bond donors (Lipinski definition) is 1. The van der Waals surface area contributed by atoms with Crippen LogP contribution in [0.3, 0.4) is 0 Å². The monoisotopic (exact) mass is 405 g/mol. The van der Waals surface area contributed by atoms with Gasteiger partial charge in [0, 0.05) is 17.8 Å². The third-order valence-corrected chi connectivity index (χ3v) is 6.25. The van der Waals surface area contributed by atoms with E-state index in [0.717, 1.165) is 47.0 Å². The summed E-state index contributed by atoms with van der Waals surface area (Å²) in [6.07, 6.45) is 3.63. The van der Waals surface area contributed by atoms with Gasteiger partial charge in [-0.3, -0.25) is 9.69 Å². The van der Waals surface area contributed by atoms with Crippen LogP contribution in [0.2, 0.25) is 0 Å². The first-order valence-corrected chi connectivity index (χ1v) is 10.9. The van der Waals surface area contributed by atoms with Crippen molar-refractivity contribution in [1.82, 2.24) is 35.4 Å². The molecule has 3 heterocycles. The summed E-state index contributed by atoms with van der Waals surface area (Å²) in [4.78, 5) is 20.4. The quantitative estimate of drug-likeness (QED) is 0.726. The Morgan fingerprint density at radius 2 is 2.07 bits per heavy atom. The van der Waals surface area contributed by atoms with Gasteiger partial charge < -0.3 is 5.32 Å². The van der Waals surface area contributed by atoms with Crippen molar-refractivity contribution >= 4 is 17.2 Å². The highest BCUT2D eigenvalue weighted by Crippen LogP contribution is 2.22. The minimum absolute atomic E-state index is 0.0391. The normalized spacial score (nSPS) is 17.0. The first kappa shape index (κ1) is 20.9. The maximum Gasteiger partial charge on any atom is 0.220 e. The minimum atomic E-state index is -0.0671. The second-order valence-electron chi connectivity index (χ2n) is 7.84. The van der Waals surface area contributed by atoms with Crippen molar-refractivity contribution in [3.05, 3.63) is 21.4 Å². The van der Waals surface area contributed by atoms with E-state index >= 15 is 0 Å². The predicted molar refractivity (Wildman–Crippen MR) is 109 cm³/mol. The Bertz CT molecular complexity index is 779. The molecule has 1 saturated heterocycles. The fraction of sp³-hybridized carbons (Fsp3) is 0.737. The number of nitrogens with zero attached hydrogens (tertiary/aromatic N) is 6. The summed E-state index contributed by atoms with van der Waals surface area (Å²) < 4.78 is 1.84. The standard InChI is InChI=1S/C19H31N7OS/c1-13-7-10-25(11-8-13)12-17-22-23-24-26(17)9-5-6-18(27)20-14(2)19-15(3)28-16(4)21-19/h13-14H,5-12H2,1-4H3,(H,20,27). The van der Waals surface area contributed by atoms with E-state index in [2.05, 4.69) is 37.6 Å². The Labute approximate surface area is 170 Å². The van der Waals surface area contributed by atoms with Crippen molar-refractivity contribution in [2.75, 3.05) is 13.1 Å². The Morgan fingerprint density at radius 3 is 2.75 bits per heavy atom. The zero-order chi connectivity index (χ0) is 20.1. The number of likely N-dealkylation sites (tertiary alicyclic amines) is 1. The minimum Gasteiger partial charge on any atom is -0.348 e. The van der Waals surface area contributed by atoms with Crippen LogP contribution in [-0.4, -0.2) is 49.1 Å². The molecule has 0 bridgehead atoms. The summed E-state index contributed by atoms with van der Waals surface area (Å²) >= 11 is 1.66. The molecule has 1 amide bonds. The lowest BCUT2D eigenvalue weighted by molar-refractivity contribution is -0.121. The predicted octanol–water partition coefficient (Wildman–Crippen LogP) is 2.64. The lowest BCUT2D eigenvalue weighted by Crippen LogP contribution is -2.33. The van der Waals surface area contributed by atoms with Crippen molar-refractivity contribution in [3.8, 4) is 0 Å². The smallest absolute Gasteiger partial charge is 0.220 e. The molecule has 28 heavy (non-hydrogen) atoms. The van der Waals surface area contributed by atoms with E-state index in [1.165, 1.54) is 12.8 Å². The fourth-order valence-electron chi connectivity index (χ4n) is 3.65. The molecule has 3 rings (SSSR count). The topological polar surface area (TPSA) is 88.8 Å². The van der Waals surface area contributed by atoms with Gasteiger partial charge in [-0.25, -0.2) is 9.67 Å². The largest absolute Gasteiger partial charge is 0.348 e. The molecule has 154 valence electrons. The van der Waals surface area contributed by atoms with Gasteiger partial charge in [0.15, 0.2) is 5.82 Å². The maximum absolute atomic E-state index is 12.3. The van der Waals surface area contributed by atoms with Gasteiger partial charge >= 0.3 is 0 Å². The molecule has 1 fully saturated rings. The molecule has 1 aliphatic rings. The van der Waals surface area contributed by atoms with Gasteiger partial charge in [0.1, 0.15) is 0 Å². The van der Waals surface area contributed by atoms with Gasteiger partial charge in [0.2, 0.25) is 5.91 Å². The molecule has 1 atom stereocenters. The van der Waals surface area contributed by atoms with Gasteiger partial charge in [-0.05, 0) is 69.5 Å². The highest BCUT2D eigenvalue weighted by atomic mass is 32.1. The highest BCUT2D eigenvalue weighted by Gasteiger charge is 2.19. The Hall–Kier alpha value is -1.87. The Balaban J connectivity index is 1.43. The fourth-order valence-corrected chi connectivity index (χ4v) is 4.56. The number of tetrazole rings is 1. The molecule has 0 aromatic carbocycles. The molecule has 0 radical (unpaired) electrons. The van der Waals surface area contributed by atoms with Crippen molar-refractivity contribution in [2.45, 2.75) is 72.5 Å². The van der Waals surface area contributed by atoms with Crippen molar-refractivity contribution in [2.24, 2.45) is 5.92 Å². The number of hydrogen-bond acceptors (Lipinski definition) is 7. The average molecular weight is 406 g/mol. The Kier molecular flexibility index (Phi) is 7.12. The summed E-state index contributed by atoms with van der Waals surface area (Å²) in [6, 6.07) is -0.0671. The first-order chi connectivity index (χ1) is 13.4. The summed E-state index contributed by atoms with van der Waals surface area (Å²) in [5, 5.41) is 16.2. The molecule has 0 saturated carbocycles. The van der Waals surface area contributed by atoms with Crippen LogP contribution < -0.4 is 5.32 Å². The van der Waals surface area contributed by atoms with Crippen LogP contribution in [0.25, 0.3) is 0 Å². The number of amides is 1. The number of thiazole rings is 1. The van der Waals surface area contributed by atoms with E-state index in [1.54, 1.807) is 11.3 Å². The molecular formula is C19H31N7OS. The number of aryl methyl sites for hydroxylation is 3. The Morgan fingerprint density at radius 1 is 1.32 bits per heavy atom. The maximum atomic E-state index is 12.3. The molecule has 1 aliphatic heterocycles. The van der Waals surface area contributed by atoms with Crippen LogP contribution in [0.15, 0.2) is 0 Å². The van der Waals surface area contributed by atoms with Crippen LogP contribution in [-0.2, 0) is 17.9 Å². The van der Waals surface area contributed by atoms with Gasteiger partial charge in [0.25, 0.3) is 0 Å². The van der Waals surface area contributed by atoms with E-state index in [0.29, 0.717) is 19.4 Å². The summed E-state index contributed by atoms with van der Waals surface area (Å²) in [5.41, 5.74) is 0.967. The molecular weight excluding hydrogens is 374 g/mol. The number of carbonyl (C=O) groups excluding carboxylic acids is 1. The van der Waals surface area contributed by atoms with E-state index in [9.17, 15) is 4.79 Å². The van der Waals surface area contributed by atoms with E-state index in [4.69, 9.17) is 0 Å². The van der Waals surface area contributed by atoms with Crippen molar-refractivity contribution in [1.29, 1.82) is 0 Å². The van der Waals surface area contributed by atoms with E-state index < -0.39 is 0 Å². The van der Waals surface area contributed by atoms with Crippen LogP contribution in [0.4, 0.5) is 0 Å². The van der Waals surface area contributed by atoms with Crippen LogP contribution in [0.1, 0.15) is 67.0 Å². The van der Waals surface area contributed by atoms with Crippen LogP contribution in [0.5, 0.6) is 0 Å². The third-order valence-electron chi connectivity index (χ3n) is 5.35. The molecule has 0 spiro atoms. The molecule has 8 nitrogen and oxygen atoms in total. The second-order valence-corrected chi connectivity index (χ2v) is 9.25. The van der Waals surface area contributed by atoms with Crippen molar-refractivity contribution in [3.63, 3.8) is 0 Å².